The molecular formula is C14H21BrN2O2S2. The highest BCUT2D eigenvalue weighted by Gasteiger charge is 2.33. The van der Waals surface area contributed by atoms with Gasteiger partial charge in [0.1, 0.15) is 5.37 Å². The molecule has 0 aromatic heterocycles. The van der Waals surface area contributed by atoms with Crippen molar-refractivity contribution in [3.8, 4) is 0 Å². The lowest BCUT2D eigenvalue weighted by Gasteiger charge is -2.37. The highest BCUT2D eigenvalue weighted by Crippen LogP contribution is 2.33. The molecule has 7 heteroatoms. The van der Waals surface area contributed by atoms with Crippen molar-refractivity contribution in [1.29, 1.82) is 0 Å². The summed E-state index contributed by atoms with van der Waals surface area (Å²) < 4.78 is 25.6. The lowest BCUT2D eigenvalue weighted by Crippen LogP contribution is -2.48. The van der Waals surface area contributed by atoms with Crippen molar-refractivity contribution >= 4 is 43.2 Å². The van der Waals surface area contributed by atoms with Gasteiger partial charge in [0.15, 0.2) is 9.84 Å². The third-order valence-electron chi connectivity index (χ3n) is 3.60. The molecule has 1 fully saturated rings. The summed E-state index contributed by atoms with van der Waals surface area (Å²) in [5.74, 6) is 1.78. The molecule has 1 unspecified atom stereocenters. The van der Waals surface area contributed by atoms with E-state index < -0.39 is 15.2 Å². The van der Waals surface area contributed by atoms with E-state index in [1.165, 1.54) is 5.56 Å². The topological polar surface area (TPSA) is 49.4 Å². The second kappa shape index (κ2) is 7.35. The summed E-state index contributed by atoms with van der Waals surface area (Å²) >= 11 is 5.31. The molecule has 1 heterocycles. The zero-order chi connectivity index (χ0) is 15.5. The van der Waals surface area contributed by atoms with Gasteiger partial charge in [0.25, 0.3) is 0 Å². The van der Waals surface area contributed by atoms with Crippen LogP contribution < -0.4 is 10.2 Å². The molecule has 4 nitrogen and oxygen atoms in total. The van der Waals surface area contributed by atoms with Gasteiger partial charge in [-0.05, 0) is 40.7 Å². The van der Waals surface area contributed by atoms with Crippen LogP contribution in [0, 0.1) is 0 Å². The van der Waals surface area contributed by atoms with E-state index in [4.69, 9.17) is 0 Å². The molecule has 1 aliphatic heterocycles. The summed E-state index contributed by atoms with van der Waals surface area (Å²) in [7, 11) is -1.17. The van der Waals surface area contributed by atoms with Crippen LogP contribution in [0.1, 0.15) is 12.5 Å². The third-order valence-corrected chi connectivity index (χ3v) is 7.53. The first-order chi connectivity index (χ1) is 9.99. The van der Waals surface area contributed by atoms with Gasteiger partial charge in [0.05, 0.1) is 5.69 Å². The number of anilines is 1. The van der Waals surface area contributed by atoms with E-state index >= 15 is 0 Å². The van der Waals surface area contributed by atoms with Gasteiger partial charge in [0, 0.05) is 34.8 Å². The molecule has 21 heavy (non-hydrogen) atoms. The summed E-state index contributed by atoms with van der Waals surface area (Å²) in [6.45, 7) is 3.28. The fourth-order valence-electron chi connectivity index (χ4n) is 2.44. The third kappa shape index (κ3) is 3.94. The fourth-order valence-corrected chi connectivity index (χ4v) is 6.08. The largest absolute Gasteiger partial charge is 0.353 e. The minimum Gasteiger partial charge on any atom is -0.353 e. The molecule has 2 rings (SSSR count). The molecule has 1 atom stereocenters. The number of hydrogen-bond donors (Lipinski definition) is 1. The fraction of sp³-hybridized carbons (Fsp3) is 0.571. The highest BCUT2D eigenvalue weighted by atomic mass is 79.9. The van der Waals surface area contributed by atoms with Gasteiger partial charge in [-0.2, -0.15) is 11.8 Å². The Morgan fingerprint density at radius 3 is 2.86 bits per heavy atom. The Hall–Kier alpha value is -0.240. The van der Waals surface area contributed by atoms with Crippen LogP contribution in [-0.2, 0) is 16.4 Å². The number of hydrogen-bond acceptors (Lipinski definition) is 5. The van der Waals surface area contributed by atoms with E-state index in [1.807, 2.05) is 24.1 Å². The minimum atomic E-state index is -3.08. The van der Waals surface area contributed by atoms with Crippen molar-refractivity contribution in [2.45, 2.75) is 18.8 Å². The van der Waals surface area contributed by atoms with Crippen molar-refractivity contribution in [2.75, 3.05) is 35.8 Å². The predicted octanol–water partition coefficient (Wildman–Crippen LogP) is 2.48. The monoisotopic (exact) mass is 392 g/mol. The quantitative estimate of drug-likeness (QED) is 0.833. The Balaban J connectivity index is 2.34. The molecule has 0 spiro atoms. The Bertz CT molecular complexity index is 593. The van der Waals surface area contributed by atoms with Crippen LogP contribution in [0.3, 0.4) is 0 Å². The molecule has 1 N–H and O–H groups in total. The predicted molar refractivity (Wildman–Crippen MR) is 94.8 cm³/mol. The van der Waals surface area contributed by atoms with Gasteiger partial charge in [-0.15, -0.1) is 0 Å². The van der Waals surface area contributed by atoms with Crippen LogP contribution in [0.5, 0.6) is 0 Å². The molecule has 0 saturated carbocycles. The van der Waals surface area contributed by atoms with Crippen LogP contribution in [-0.4, -0.2) is 44.6 Å². The Morgan fingerprint density at radius 1 is 1.48 bits per heavy atom. The summed E-state index contributed by atoms with van der Waals surface area (Å²) in [5.41, 5.74) is 2.14. The maximum absolute atomic E-state index is 12.3. The standard InChI is InChI=1S/C14H21BrN2O2S2/c1-3-21(18,19)14-10-20-7-6-17(14)13-5-4-11(9-16-2)8-12(13)15/h4-5,8,14,16H,3,6-7,9-10H2,1-2H3. The summed E-state index contributed by atoms with van der Waals surface area (Å²) in [6.07, 6.45) is 0. The van der Waals surface area contributed by atoms with E-state index in [1.54, 1.807) is 18.7 Å². The lowest BCUT2D eigenvalue weighted by molar-refractivity contribution is 0.579. The minimum absolute atomic E-state index is 0.185. The van der Waals surface area contributed by atoms with Gasteiger partial charge in [-0.25, -0.2) is 8.42 Å². The molecule has 1 aromatic rings. The summed E-state index contributed by atoms with van der Waals surface area (Å²) in [6, 6.07) is 6.13. The van der Waals surface area contributed by atoms with E-state index in [-0.39, 0.29) is 5.75 Å². The zero-order valence-electron chi connectivity index (χ0n) is 12.3. The molecule has 1 aromatic carbocycles. The summed E-state index contributed by atoms with van der Waals surface area (Å²) in [4.78, 5) is 2.03. The number of rotatable bonds is 5. The second-order valence-corrected chi connectivity index (χ2v) is 9.44. The van der Waals surface area contributed by atoms with Crippen molar-refractivity contribution in [3.05, 3.63) is 28.2 Å². The first kappa shape index (κ1) is 17.1. The maximum atomic E-state index is 12.3. The molecule has 1 saturated heterocycles. The summed E-state index contributed by atoms with van der Waals surface area (Å²) in [5, 5.41) is 2.70. The number of thioether (sulfide) groups is 1. The lowest BCUT2D eigenvalue weighted by atomic mass is 10.2. The van der Waals surface area contributed by atoms with E-state index in [9.17, 15) is 8.42 Å². The van der Waals surface area contributed by atoms with Crippen LogP contribution in [0.2, 0.25) is 0 Å². The van der Waals surface area contributed by atoms with Crippen LogP contribution in [0.15, 0.2) is 22.7 Å². The molecule has 0 radical (unpaired) electrons. The first-order valence-corrected chi connectivity index (χ1v) is 10.6. The molecule has 0 aliphatic carbocycles. The number of sulfone groups is 1. The normalized spacial score (nSPS) is 19.8. The van der Waals surface area contributed by atoms with Crippen molar-refractivity contribution in [1.82, 2.24) is 5.32 Å². The average Bonchev–Trinajstić information content (AvgIpc) is 2.48. The van der Waals surface area contributed by atoms with Gasteiger partial charge < -0.3 is 10.2 Å². The number of benzene rings is 1. The zero-order valence-corrected chi connectivity index (χ0v) is 15.5. The van der Waals surface area contributed by atoms with E-state index in [2.05, 4.69) is 27.3 Å². The van der Waals surface area contributed by atoms with Gasteiger partial charge >= 0.3 is 0 Å². The SMILES string of the molecule is CCS(=O)(=O)C1CSCCN1c1ccc(CNC)cc1Br. The molecule has 0 bridgehead atoms. The Labute approximate surface area is 139 Å². The second-order valence-electron chi connectivity index (χ2n) is 4.99. The number of nitrogens with one attached hydrogen (secondary N) is 1. The van der Waals surface area contributed by atoms with E-state index in [0.29, 0.717) is 5.75 Å². The van der Waals surface area contributed by atoms with Gasteiger partial charge in [-0.3, -0.25) is 0 Å². The van der Waals surface area contributed by atoms with Crippen LogP contribution >= 0.6 is 27.7 Å². The van der Waals surface area contributed by atoms with Crippen LogP contribution in [0.4, 0.5) is 5.69 Å². The smallest absolute Gasteiger partial charge is 0.171 e. The average molecular weight is 393 g/mol. The van der Waals surface area contributed by atoms with Crippen molar-refractivity contribution in [2.24, 2.45) is 0 Å². The molecular weight excluding hydrogens is 372 g/mol. The van der Waals surface area contributed by atoms with Crippen LogP contribution in [0.25, 0.3) is 0 Å². The highest BCUT2D eigenvalue weighted by molar-refractivity contribution is 9.10. The van der Waals surface area contributed by atoms with Crippen molar-refractivity contribution < 1.29 is 8.42 Å². The molecule has 118 valence electrons. The first-order valence-electron chi connectivity index (χ1n) is 6.98. The number of nitrogens with zero attached hydrogens (tertiary/aromatic N) is 1. The van der Waals surface area contributed by atoms with E-state index in [0.717, 1.165) is 29.0 Å². The molecule has 0 amide bonds. The Morgan fingerprint density at radius 2 is 2.24 bits per heavy atom. The van der Waals surface area contributed by atoms with Gasteiger partial charge in [-0.1, -0.05) is 13.0 Å². The molecule has 1 aliphatic rings. The van der Waals surface area contributed by atoms with Crippen molar-refractivity contribution in [3.63, 3.8) is 0 Å². The Kier molecular flexibility index (Phi) is 5.99. The van der Waals surface area contributed by atoms with Gasteiger partial charge in [0.2, 0.25) is 0 Å². The number of halogens is 1. The maximum Gasteiger partial charge on any atom is 0.171 e.